The second kappa shape index (κ2) is 5.81. The van der Waals surface area contributed by atoms with Crippen LogP contribution in [0.4, 0.5) is 4.39 Å². The van der Waals surface area contributed by atoms with Gasteiger partial charge in [-0.3, -0.25) is 0 Å². The number of benzene rings is 2. The van der Waals surface area contributed by atoms with Gasteiger partial charge in [-0.2, -0.15) is 0 Å². The lowest BCUT2D eigenvalue weighted by molar-refractivity contribution is 0.414. The Kier molecular flexibility index (Phi) is 4.33. The van der Waals surface area contributed by atoms with Gasteiger partial charge in [-0.25, -0.2) is 4.39 Å². The number of hydrogen-bond donors (Lipinski definition) is 0. The highest BCUT2D eigenvalue weighted by atomic mass is 35.5. The first-order chi connectivity index (χ1) is 9.01. The Bertz CT molecular complexity index is 578. The van der Waals surface area contributed by atoms with E-state index in [0.29, 0.717) is 16.3 Å². The van der Waals surface area contributed by atoms with Crippen LogP contribution in [-0.2, 0) is 0 Å². The summed E-state index contributed by atoms with van der Waals surface area (Å²) >= 11 is 12.6. The minimum atomic E-state index is -0.493. The summed E-state index contributed by atoms with van der Waals surface area (Å²) in [6, 6.07) is 10.00. The fraction of sp³-hybridized carbons (Fsp3) is 0.200. The molecule has 0 aliphatic heterocycles. The van der Waals surface area contributed by atoms with Crippen molar-refractivity contribution in [3.05, 3.63) is 63.9 Å². The molecule has 0 aliphatic carbocycles. The summed E-state index contributed by atoms with van der Waals surface area (Å²) in [6.07, 6.45) is 0. The molecule has 0 aliphatic rings. The molecule has 2 aromatic rings. The van der Waals surface area contributed by atoms with Crippen LogP contribution in [0, 0.1) is 12.7 Å². The second-order valence-corrected chi connectivity index (χ2v) is 5.16. The van der Waals surface area contributed by atoms with E-state index in [0.717, 1.165) is 11.1 Å². The Balaban J connectivity index is 2.40. The van der Waals surface area contributed by atoms with Gasteiger partial charge in [0.1, 0.15) is 11.6 Å². The van der Waals surface area contributed by atoms with Gasteiger partial charge in [0.25, 0.3) is 0 Å². The smallest absolute Gasteiger partial charge is 0.123 e. The number of rotatable bonds is 3. The fourth-order valence-corrected chi connectivity index (χ4v) is 2.58. The quantitative estimate of drug-likeness (QED) is 0.714. The zero-order valence-electron chi connectivity index (χ0n) is 10.6. The second-order valence-electron chi connectivity index (χ2n) is 4.31. The van der Waals surface area contributed by atoms with Gasteiger partial charge < -0.3 is 4.74 Å². The monoisotopic (exact) mass is 298 g/mol. The highest BCUT2D eigenvalue weighted by Crippen LogP contribution is 2.35. The SMILES string of the molecule is COc1ccc(C(Cl)c2cc(C)cc(F)c2)c(Cl)c1. The topological polar surface area (TPSA) is 9.23 Å². The molecular formula is C15H13Cl2FO. The Hall–Kier alpha value is -1.25. The van der Waals surface area contributed by atoms with Gasteiger partial charge >= 0.3 is 0 Å². The molecule has 0 radical (unpaired) electrons. The van der Waals surface area contributed by atoms with Gasteiger partial charge in [0.15, 0.2) is 0 Å². The lowest BCUT2D eigenvalue weighted by Gasteiger charge is -2.14. The zero-order valence-corrected chi connectivity index (χ0v) is 12.1. The molecule has 0 bridgehead atoms. The molecule has 0 aromatic heterocycles. The van der Waals surface area contributed by atoms with E-state index in [9.17, 15) is 4.39 Å². The third kappa shape index (κ3) is 3.20. The Morgan fingerprint density at radius 2 is 1.89 bits per heavy atom. The molecule has 0 heterocycles. The van der Waals surface area contributed by atoms with Crippen LogP contribution in [0.5, 0.6) is 5.75 Å². The molecule has 0 amide bonds. The first kappa shape index (κ1) is 14.2. The van der Waals surface area contributed by atoms with Crippen LogP contribution in [0.15, 0.2) is 36.4 Å². The number of methoxy groups -OCH3 is 1. The molecule has 2 aromatic carbocycles. The van der Waals surface area contributed by atoms with E-state index in [1.165, 1.54) is 12.1 Å². The molecule has 0 fully saturated rings. The average Bonchev–Trinajstić information content (AvgIpc) is 2.36. The average molecular weight is 299 g/mol. The number of aryl methyl sites for hydroxylation is 1. The van der Waals surface area contributed by atoms with Gasteiger partial charge in [-0.15, -0.1) is 11.6 Å². The molecule has 0 saturated heterocycles. The minimum absolute atomic E-state index is 0.301. The van der Waals surface area contributed by atoms with E-state index in [4.69, 9.17) is 27.9 Å². The fourth-order valence-electron chi connectivity index (χ4n) is 1.93. The summed E-state index contributed by atoms with van der Waals surface area (Å²) in [6.45, 7) is 1.83. The molecule has 1 nitrogen and oxygen atoms in total. The Labute approximate surface area is 121 Å². The molecule has 100 valence electrons. The molecule has 0 N–H and O–H groups in total. The number of ether oxygens (including phenoxy) is 1. The Morgan fingerprint density at radius 1 is 1.16 bits per heavy atom. The first-order valence-corrected chi connectivity index (χ1v) is 6.57. The van der Waals surface area contributed by atoms with E-state index >= 15 is 0 Å². The predicted molar refractivity (Wildman–Crippen MR) is 76.8 cm³/mol. The summed E-state index contributed by atoms with van der Waals surface area (Å²) in [5, 5.41) is 0.00840. The molecule has 0 spiro atoms. The van der Waals surface area contributed by atoms with Crippen LogP contribution in [-0.4, -0.2) is 7.11 Å². The maximum atomic E-state index is 13.4. The van der Waals surface area contributed by atoms with Crippen molar-refractivity contribution in [3.63, 3.8) is 0 Å². The van der Waals surface area contributed by atoms with Crippen LogP contribution in [0.3, 0.4) is 0 Å². The normalized spacial score (nSPS) is 12.3. The van der Waals surface area contributed by atoms with Crippen molar-refractivity contribution in [3.8, 4) is 5.75 Å². The van der Waals surface area contributed by atoms with Crippen LogP contribution in [0.1, 0.15) is 22.1 Å². The third-order valence-corrected chi connectivity index (χ3v) is 3.65. The van der Waals surface area contributed by atoms with E-state index in [1.807, 2.05) is 13.0 Å². The Morgan fingerprint density at radius 3 is 2.47 bits per heavy atom. The summed E-state index contributed by atoms with van der Waals surface area (Å²) in [7, 11) is 1.57. The largest absolute Gasteiger partial charge is 0.497 e. The number of halogens is 3. The number of alkyl halides is 1. The summed E-state index contributed by atoms with van der Waals surface area (Å²) < 4.78 is 18.5. The van der Waals surface area contributed by atoms with Crippen molar-refractivity contribution < 1.29 is 9.13 Å². The highest BCUT2D eigenvalue weighted by molar-refractivity contribution is 6.33. The lowest BCUT2D eigenvalue weighted by Crippen LogP contribution is -1.97. The van der Waals surface area contributed by atoms with Gasteiger partial charge in [-0.05, 0) is 47.9 Å². The summed E-state index contributed by atoms with van der Waals surface area (Å²) in [4.78, 5) is 0. The van der Waals surface area contributed by atoms with E-state index in [1.54, 1.807) is 25.3 Å². The molecule has 1 unspecified atom stereocenters. The van der Waals surface area contributed by atoms with Gasteiger partial charge in [0.05, 0.1) is 12.5 Å². The van der Waals surface area contributed by atoms with Crippen molar-refractivity contribution in [2.24, 2.45) is 0 Å². The molecule has 4 heteroatoms. The standard InChI is InChI=1S/C15H13Cl2FO/c1-9-5-10(7-11(18)6-9)15(17)13-4-3-12(19-2)8-14(13)16/h3-8,15H,1-2H3. The first-order valence-electron chi connectivity index (χ1n) is 5.76. The minimum Gasteiger partial charge on any atom is -0.497 e. The van der Waals surface area contributed by atoms with Gasteiger partial charge in [0.2, 0.25) is 0 Å². The van der Waals surface area contributed by atoms with E-state index in [-0.39, 0.29) is 5.82 Å². The molecule has 1 atom stereocenters. The van der Waals surface area contributed by atoms with Crippen LogP contribution in [0.2, 0.25) is 5.02 Å². The van der Waals surface area contributed by atoms with Crippen molar-refractivity contribution in [2.45, 2.75) is 12.3 Å². The van der Waals surface area contributed by atoms with Crippen LogP contribution in [0.25, 0.3) is 0 Å². The zero-order chi connectivity index (χ0) is 14.0. The molecule has 2 rings (SSSR count). The number of hydrogen-bond acceptors (Lipinski definition) is 1. The van der Waals surface area contributed by atoms with E-state index in [2.05, 4.69) is 0 Å². The van der Waals surface area contributed by atoms with Crippen molar-refractivity contribution in [1.82, 2.24) is 0 Å². The summed E-state index contributed by atoms with van der Waals surface area (Å²) in [5.41, 5.74) is 2.24. The summed E-state index contributed by atoms with van der Waals surface area (Å²) in [5.74, 6) is 0.360. The van der Waals surface area contributed by atoms with Crippen LogP contribution >= 0.6 is 23.2 Å². The van der Waals surface area contributed by atoms with Crippen molar-refractivity contribution in [2.75, 3.05) is 7.11 Å². The van der Waals surface area contributed by atoms with Crippen molar-refractivity contribution >= 4 is 23.2 Å². The maximum Gasteiger partial charge on any atom is 0.123 e. The van der Waals surface area contributed by atoms with Crippen LogP contribution < -0.4 is 4.74 Å². The van der Waals surface area contributed by atoms with Gasteiger partial charge in [-0.1, -0.05) is 23.7 Å². The molecule has 19 heavy (non-hydrogen) atoms. The third-order valence-electron chi connectivity index (χ3n) is 2.84. The molecular weight excluding hydrogens is 286 g/mol. The van der Waals surface area contributed by atoms with Gasteiger partial charge in [0, 0.05) is 5.02 Å². The maximum absolute atomic E-state index is 13.4. The van der Waals surface area contributed by atoms with Crippen molar-refractivity contribution in [1.29, 1.82) is 0 Å². The van der Waals surface area contributed by atoms with E-state index < -0.39 is 5.38 Å². The predicted octanol–water partition coefficient (Wildman–Crippen LogP) is 5.12. The highest BCUT2D eigenvalue weighted by Gasteiger charge is 2.16. The molecule has 0 saturated carbocycles. The lowest BCUT2D eigenvalue weighted by atomic mass is 10.0.